The Morgan fingerprint density at radius 1 is 1.14 bits per heavy atom. The van der Waals surface area contributed by atoms with E-state index in [-0.39, 0.29) is 10.5 Å². The number of fused-ring (bicyclic) bond motifs is 1. The van der Waals surface area contributed by atoms with E-state index >= 15 is 0 Å². The van der Waals surface area contributed by atoms with Crippen LogP contribution in [-0.4, -0.2) is 29.5 Å². The summed E-state index contributed by atoms with van der Waals surface area (Å²) in [5.74, 6) is -0.493. The third kappa shape index (κ3) is 2.57. The van der Waals surface area contributed by atoms with Gasteiger partial charge in [-0.2, -0.15) is 0 Å². The van der Waals surface area contributed by atoms with E-state index < -0.39 is 16.0 Å². The van der Waals surface area contributed by atoms with Gasteiger partial charge in [-0.05, 0) is 30.3 Å². The molecule has 0 radical (unpaired) electrons. The molecule has 2 aromatic carbocycles. The van der Waals surface area contributed by atoms with Gasteiger partial charge in [0.1, 0.15) is 5.82 Å². The Balaban J connectivity index is 2.06. The van der Waals surface area contributed by atoms with Crippen LogP contribution in [0.3, 0.4) is 0 Å². The van der Waals surface area contributed by atoms with Crippen LogP contribution in [0.1, 0.15) is 10.4 Å². The van der Waals surface area contributed by atoms with Crippen LogP contribution in [0.25, 0.3) is 22.4 Å². The van der Waals surface area contributed by atoms with Crippen LogP contribution >= 0.6 is 0 Å². The molecule has 0 amide bonds. The number of carboxylic acid groups (broad SMARTS) is 1. The summed E-state index contributed by atoms with van der Waals surface area (Å²) in [6.07, 6.45) is 0. The number of primary sulfonamides is 1. The van der Waals surface area contributed by atoms with Crippen LogP contribution in [0, 0.1) is 0 Å². The standard InChI is InChI=1S/C14H11N3O4S/c15-22(20,21)10-5-6-11-12(7-10)17-13(16-11)8-1-3-9(4-2-8)14(18)19/h1-7H,(H,16,17)(H,18,19)(H2,15,20,21). The number of aromatic carboxylic acids is 1. The number of rotatable bonds is 3. The number of aromatic amines is 1. The van der Waals surface area contributed by atoms with Crippen molar-refractivity contribution in [2.75, 3.05) is 0 Å². The van der Waals surface area contributed by atoms with E-state index in [2.05, 4.69) is 9.97 Å². The molecule has 0 spiro atoms. The van der Waals surface area contributed by atoms with Crippen molar-refractivity contribution >= 4 is 27.0 Å². The van der Waals surface area contributed by atoms with Crippen molar-refractivity contribution in [1.82, 2.24) is 9.97 Å². The Morgan fingerprint density at radius 2 is 1.82 bits per heavy atom. The number of carboxylic acids is 1. The Kier molecular flexibility index (Phi) is 3.19. The number of hydrogen-bond acceptors (Lipinski definition) is 4. The van der Waals surface area contributed by atoms with Gasteiger partial charge >= 0.3 is 5.97 Å². The molecular weight excluding hydrogens is 306 g/mol. The number of H-pyrrole nitrogens is 1. The predicted molar refractivity (Wildman–Crippen MR) is 79.9 cm³/mol. The predicted octanol–water partition coefficient (Wildman–Crippen LogP) is 1.58. The van der Waals surface area contributed by atoms with Crippen molar-refractivity contribution in [3.05, 3.63) is 48.0 Å². The fraction of sp³-hybridized carbons (Fsp3) is 0. The zero-order chi connectivity index (χ0) is 15.9. The molecule has 0 unspecified atom stereocenters. The van der Waals surface area contributed by atoms with Crippen LogP contribution in [-0.2, 0) is 10.0 Å². The topological polar surface area (TPSA) is 126 Å². The number of nitrogens with zero attached hydrogens (tertiary/aromatic N) is 1. The van der Waals surface area contributed by atoms with Crippen molar-refractivity contribution in [2.45, 2.75) is 4.90 Å². The highest BCUT2D eigenvalue weighted by molar-refractivity contribution is 7.89. The lowest BCUT2D eigenvalue weighted by Gasteiger charge is -1.97. The minimum atomic E-state index is -3.78. The molecule has 0 saturated heterocycles. The summed E-state index contributed by atoms with van der Waals surface area (Å²) >= 11 is 0. The van der Waals surface area contributed by atoms with Gasteiger partial charge in [-0.1, -0.05) is 12.1 Å². The van der Waals surface area contributed by atoms with Crippen molar-refractivity contribution in [3.63, 3.8) is 0 Å². The zero-order valence-corrected chi connectivity index (χ0v) is 12.0. The van der Waals surface area contributed by atoms with E-state index in [0.717, 1.165) is 0 Å². The summed E-state index contributed by atoms with van der Waals surface area (Å²) in [5, 5.41) is 14.0. The highest BCUT2D eigenvalue weighted by Crippen LogP contribution is 2.22. The number of hydrogen-bond donors (Lipinski definition) is 3. The highest BCUT2D eigenvalue weighted by Gasteiger charge is 2.12. The van der Waals surface area contributed by atoms with E-state index in [0.29, 0.717) is 22.4 Å². The van der Waals surface area contributed by atoms with Crippen molar-refractivity contribution in [1.29, 1.82) is 0 Å². The summed E-state index contributed by atoms with van der Waals surface area (Å²) < 4.78 is 22.7. The zero-order valence-electron chi connectivity index (χ0n) is 11.1. The van der Waals surface area contributed by atoms with E-state index in [4.69, 9.17) is 10.2 Å². The monoisotopic (exact) mass is 317 g/mol. The molecule has 0 fully saturated rings. The summed E-state index contributed by atoms with van der Waals surface area (Å²) in [6, 6.07) is 10.6. The van der Waals surface area contributed by atoms with Gasteiger partial charge in [-0.25, -0.2) is 23.3 Å². The van der Waals surface area contributed by atoms with Crippen LogP contribution < -0.4 is 5.14 Å². The van der Waals surface area contributed by atoms with Crippen LogP contribution in [0.15, 0.2) is 47.4 Å². The molecule has 8 heteroatoms. The number of imidazole rings is 1. The largest absolute Gasteiger partial charge is 0.478 e. The van der Waals surface area contributed by atoms with Gasteiger partial charge in [-0.15, -0.1) is 0 Å². The van der Waals surface area contributed by atoms with Crippen LogP contribution in [0.5, 0.6) is 0 Å². The Labute approximate surface area is 125 Å². The second kappa shape index (κ2) is 4.93. The lowest BCUT2D eigenvalue weighted by molar-refractivity contribution is 0.0697. The fourth-order valence-electron chi connectivity index (χ4n) is 2.07. The van der Waals surface area contributed by atoms with Gasteiger partial charge in [0, 0.05) is 5.56 Å². The fourth-order valence-corrected chi connectivity index (χ4v) is 2.60. The molecule has 1 aromatic heterocycles. The second-order valence-electron chi connectivity index (χ2n) is 4.69. The number of aromatic nitrogens is 2. The summed E-state index contributed by atoms with van der Waals surface area (Å²) in [6.45, 7) is 0. The molecule has 0 atom stereocenters. The summed E-state index contributed by atoms with van der Waals surface area (Å²) in [4.78, 5) is 18.2. The Bertz CT molecular complexity index is 975. The summed E-state index contributed by atoms with van der Waals surface area (Å²) in [7, 11) is -3.78. The molecule has 3 aromatic rings. The molecule has 0 aliphatic rings. The van der Waals surface area contributed by atoms with Crippen molar-refractivity contribution in [3.8, 4) is 11.4 Å². The third-order valence-electron chi connectivity index (χ3n) is 3.19. The normalized spacial score (nSPS) is 11.7. The first-order valence-corrected chi connectivity index (χ1v) is 7.75. The molecule has 3 rings (SSSR count). The lowest BCUT2D eigenvalue weighted by atomic mass is 10.1. The highest BCUT2D eigenvalue weighted by atomic mass is 32.2. The summed E-state index contributed by atoms with van der Waals surface area (Å²) in [5.41, 5.74) is 1.99. The van der Waals surface area contributed by atoms with Gasteiger partial charge in [0.2, 0.25) is 10.0 Å². The molecule has 112 valence electrons. The molecule has 0 aliphatic heterocycles. The Morgan fingerprint density at radius 3 is 2.41 bits per heavy atom. The molecule has 22 heavy (non-hydrogen) atoms. The molecule has 1 heterocycles. The van der Waals surface area contributed by atoms with Crippen LogP contribution in [0.2, 0.25) is 0 Å². The van der Waals surface area contributed by atoms with Gasteiger partial charge in [0.15, 0.2) is 0 Å². The van der Waals surface area contributed by atoms with E-state index in [1.54, 1.807) is 18.2 Å². The van der Waals surface area contributed by atoms with Crippen LogP contribution in [0.4, 0.5) is 0 Å². The van der Waals surface area contributed by atoms with Crippen molar-refractivity contribution < 1.29 is 18.3 Å². The molecule has 4 N–H and O–H groups in total. The Hall–Kier alpha value is -2.71. The molecule has 0 saturated carbocycles. The van der Waals surface area contributed by atoms with Crippen molar-refractivity contribution in [2.24, 2.45) is 5.14 Å². The lowest BCUT2D eigenvalue weighted by Crippen LogP contribution is -2.11. The van der Waals surface area contributed by atoms with Gasteiger partial charge in [0.25, 0.3) is 0 Å². The number of sulfonamides is 1. The maximum atomic E-state index is 11.3. The molecule has 0 aliphatic carbocycles. The van der Waals surface area contributed by atoms with E-state index in [9.17, 15) is 13.2 Å². The number of nitrogens with two attached hydrogens (primary N) is 1. The average Bonchev–Trinajstić information content (AvgIpc) is 2.89. The number of benzene rings is 2. The second-order valence-corrected chi connectivity index (χ2v) is 6.25. The third-order valence-corrected chi connectivity index (χ3v) is 4.10. The average molecular weight is 317 g/mol. The van der Waals surface area contributed by atoms with Gasteiger partial charge in [-0.3, -0.25) is 0 Å². The minimum Gasteiger partial charge on any atom is -0.478 e. The molecular formula is C14H11N3O4S. The maximum absolute atomic E-state index is 11.3. The van der Waals surface area contributed by atoms with Gasteiger partial charge < -0.3 is 10.1 Å². The molecule has 0 bridgehead atoms. The first-order chi connectivity index (χ1) is 10.3. The number of nitrogens with one attached hydrogen (secondary N) is 1. The smallest absolute Gasteiger partial charge is 0.335 e. The molecule has 7 nitrogen and oxygen atoms in total. The van der Waals surface area contributed by atoms with Gasteiger partial charge in [0.05, 0.1) is 21.5 Å². The van der Waals surface area contributed by atoms with E-state index in [1.165, 1.54) is 24.3 Å². The SMILES string of the molecule is NS(=O)(=O)c1ccc2[nH]c(-c3ccc(C(=O)O)cc3)nc2c1. The first-order valence-electron chi connectivity index (χ1n) is 6.21. The maximum Gasteiger partial charge on any atom is 0.335 e. The number of carbonyl (C=O) groups is 1. The van der Waals surface area contributed by atoms with E-state index in [1.807, 2.05) is 0 Å². The minimum absolute atomic E-state index is 0.0146. The first kappa shape index (κ1) is 14.2. The quantitative estimate of drug-likeness (QED) is 0.676.